The predicted octanol–water partition coefficient (Wildman–Crippen LogP) is 2.56. The second-order valence-electron chi connectivity index (χ2n) is 8.63. The summed E-state index contributed by atoms with van der Waals surface area (Å²) in [5.41, 5.74) is 0.103. The van der Waals surface area contributed by atoms with Crippen molar-refractivity contribution in [1.82, 2.24) is 9.97 Å². The van der Waals surface area contributed by atoms with Gasteiger partial charge in [0.15, 0.2) is 12.4 Å². The van der Waals surface area contributed by atoms with Crippen molar-refractivity contribution in [3.63, 3.8) is 0 Å². The maximum Gasteiger partial charge on any atom is 0.345 e. The van der Waals surface area contributed by atoms with E-state index in [9.17, 15) is 24.3 Å². The zero-order chi connectivity index (χ0) is 23.9. The molecule has 1 aliphatic carbocycles. The fraction of sp³-hybridized carbons (Fsp3) is 0.292. The molecule has 0 saturated heterocycles. The van der Waals surface area contributed by atoms with Crippen LogP contribution < -0.4 is 10.0 Å². The first kappa shape index (κ1) is 21.9. The highest BCUT2D eigenvalue weighted by atomic mass is 19.1. The third-order valence-electron chi connectivity index (χ3n) is 6.53. The summed E-state index contributed by atoms with van der Waals surface area (Å²) in [6, 6.07) is 8.47. The van der Waals surface area contributed by atoms with Crippen molar-refractivity contribution in [3.05, 3.63) is 77.0 Å². The second kappa shape index (κ2) is 8.14. The Bertz CT molecular complexity index is 1270. The number of amides is 1. The van der Waals surface area contributed by atoms with Gasteiger partial charge in [-0.3, -0.25) is 10.1 Å². The maximum atomic E-state index is 12.9. The van der Waals surface area contributed by atoms with Crippen molar-refractivity contribution in [1.29, 1.82) is 0 Å². The van der Waals surface area contributed by atoms with Crippen molar-refractivity contribution < 1.29 is 28.6 Å². The molecule has 2 aromatic heterocycles. The van der Waals surface area contributed by atoms with E-state index < -0.39 is 29.8 Å². The van der Waals surface area contributed by atoms with E-state index in [4.69, 9.17) is 4.74 Å². The highest BCUT2D eigenvalue weighted by molar-refractivity contribution is 5.96. The first-order chi connectivity index (χ1) is 16.3. The largest absolute Gasteiger partial charge is 0.619 e. The lowest BCUT2D eigenvalue weighted by atomic mass is 9.72. The Hall–Kier alpha value is -3.92. The molecular weight excluding hydrogens is 443 g/mol. The SMILES string of the molecule is O=C1OC2(CCC(O)(C(=O)Nc3ncc(-c4cccc(CF)c4)cn3)CC2)c2cc[n+]([O-])cc21. The number of hydrogen-bond acceptors (Lipinski definition) is 7. The van der Waals surface area contributed by atoms with Crippen LogP contribution >= 0.6 is 0 Å². The molecule has 1 aromatic carbocycles. The number of anilines is 1. The molecule has 0 radical (unpaired) electrons. The molecule has 9 nitrogen and oxygen atoms in total. The molecule has 1 amide bonds. The second-order valence-corrected chi connectivity index (χ2v) is 8.63. The topological polar surface area (TPSA) is 128 Å². The van der Waals surface area contributed by atoms with E-state index in [2.05, 4.69) is 15.3 Å². The van der Waals surface area contributed by atoms with Gasteiger partial charge in [-0.05, 0) is 42.9 Å². The van der Waals surface area contributed by atoms with Gasteiger partial charge in [0.25, 0.3) is 5.91 Å². The number of rotatable bonds is 4. The van der Waals surface area contributed by atoms with Gasteiger partial charge in [0, 0.05) is 29.6 Å². The molecule has 5 rings (SSSR count). The third kappa shape index (κ3) is 3.75. The van der Waals surface area contributed by atoms with Crippen molar-refractivity contribution in [2.24, 2.45) is 0 Å². The third-order valence-corrected chi connectivity index (χ3v) is 6.53. The van der Waals surface area contributed by atoms with Crippen molar-refractivity contribution in [3.8, 4) is 11.1 Å². The maximum absolute atomic E-state index is 12.9. The lowest BCUT2D eigenvalue weighted by molar-refractivity contribution is -0.605. The molecule has 1 spiro atoms. The fourth-order valence-corrected chi connectivity index (χ4v) is 4.58. The molecular formula is C24H21FN4O5. The molecule has 1 saturated carbocycles. The van der Waals surface area contributed by atoms with Gasteiger partial charge >= 0.3 is 5.97 Å². The number of alkyl halides is 1. The number of halogens is 1. The Morgan fingerprint density at radius 1 is 1.18 bits per heavy atom. The minimum Gasteiger partial charge on any atom is -0.619 e. The molecule has 2 N–H and O–H groups in total. The number of benzene rings is 1. The van der Waals surface area contributed by atoms with E-state index in [-0.39, 0.29) is 37.2 Å². The van der Waals surface area contributed by atoms with Crippen LogP contribution in [0.2, 0.25) is 0 Å². The highest BCUT2D eigenvalue weighted by Gasteiger charge is 2.53. The summed E-state index contributed by atoms with van der Waals surface area (Å²) in [6.45, 7) is -0.577. The highest BCUT2D eigenvalue weighted by Crippen LogP contribution is 2.49. The van der Waals surface area contributed by atoms with E-state index in [1.165, 1.54) is 24.8 Å². The monoisotopic (exact) mass is 464 g/mol. The van der Waals surface area contributed by atoms with Crippen molar-refractivity contribution in [2.45, 2.75) is 43.6 Å². The van der Waals surface area contributed by atoms with Gasteiger partial charge in [-0.25, -0.2) is 19.2 Å². The molecule has 2 aliphatic rings. The van der Waals surface area contributed by atoms with E-state index in [0.717, 1.165) is 5.56 Å². The summed E-state index contributed by atoms with van der Waals surface area (Å²) < 4.78 is 19.0. The summed E-state index contributed by atoms with van der Waals surface area (Å²) in [4.78, 5) is 33.4. The van der Waals surface area contributed by atoms with Crippen molar-refractivity contribution >= 4 is 17.8 Å². The standard InChI is InChI=1S/C24H21FN4O5/c25-11-15-2-1-3-16(10-15)17-12-26-22(27-13-17)28-21(31)23(32)5-7-24(8-6-23)19-4-9-29(33)14-18(19)20(30)34-24/h1-4,9-10,12-14,32H,5-8,11H2,(H,26,27,28,31). The van der Waals surface area contributed by atoms with Crippen LogP contribution in [0.15, 0.2) is 55.1 Å². The number of aromatic nitrogens is 3. The van der Waals surface area contributed by atoms with Crippen LogP contribution in [0.5, 0.6) is 0 Å². The molecule has 0 bridgehead atoms. The predicted molar refractivity (Wildman–Crippen MR) is 117 cm³/mol. The molecule has 1 aliphatic heterocycles. The van der Waals surface area contributed by atoms with E-state index in [1.807, 2.05) is 0 Å². The number of ether oxygens (including phenoxy) is 1. The van der Waals surface area contributed by atoms with Gasteiger partial charge in [0.2, 0.25) is 5.95 Å². The minimum absolute atomic E-state index is 0.0294. The van der Waals surface area contributed by atoms with Gasteiger partial charge in [0.05, 0.1) is 0 Å². The van der Waals surface area contributed by atoms with E-state index in [0.29, 0.717) is 21.4 Å². The number of aliphatic hydroxyl groups is 1. The molecule has 174 valence electrons. The smallest absolute Gasteiger partial charge is 0.345 e. The Morgan fingerprint density at radius 3 is 2.62 bits per heavy atom. The Morgan fingerprint density at radius 2 is 1.91 bits per heavy atom. The van der Waals surface area contributed by atoms with Gasteiger partial charge in [-0.15, -0.1) is 0 Å². The normalized spacial score (nSPS) is 23.4. The summed E-state index contributed by atoms with van der Waals surface area (Å²) in [7, 11) is 0. The van der Waals surface area contributed by atoms with Crippen LogP contribution in [0.4, 0.5) is 10.3 Å². The first-order valence-electron chi connectivity index (χ1n) is 10.8. The molecule has 3 aromatic rings. The van der Waals surface area contributed by atoms with Gasteiger partial charge in [0.1, 0.15) is 23.4 Å². The summed E-state index contributed by atoms with van der Waals surface area (Å²) in [6.07, 6.45) is 6.04. The fourth-order valence-electron chi connectivity index (χ4n) is 4.58. The number of hydrogen-bond donors (Lipinski definition) is 2. The average Bonchev–Trinajstić information content (AvgIpc) is 3.12. The molecule has 34 heavy (non-hydrogen) atoms. The van der Waals surface area contributed by atoms with Gasteiger partial charge < -0.3 is 15.1 Å². The molecule has 0 atom stereocenters. The molecule has 1 fully saturated rings. The molecule has 0 unspecified atom stereocenters. The number of fused-ring (bicyclic) bond motifs is 2. The molecule has 10 heteroatoms. The summed E-state index contributed by atoms with van der Waals surface area (Å²) in [5.74, 6) is -1.20. The number of nitrogens with one attached hydrogen (secondary N) is 1. The number of pyridine rings is 1. The van der Waals surface area contributed by atoms with Crippen molar-refractivity contribution in [2.75, 3.05) is 5.32 Å². The van der Waals surface area contributed by atoms with Gasteiger partial charge in [-0.1, -0.05) is 18.2 Å². The first-order valence-corrected chi connectivity index (χ1v) is 10.8. The van der Waals surface area contributed by atoms with Crippen LogP contribution in [0, 0.1) is 5.21 Å². The van der Waals surface area contributed by atoms with E-state index in [1.54, 1.807) is 30.3 Å². The average molecular weight is 464 g/mol. The van der Waals surface area contributed by atoms with Crippen LogP contribution in [0.3, 0.4) is 0 Å². The van der Waals surface area contributed by atoms with Gasteiger partial charge in [-0.2, -0.15) is 4.73 Å². The lowest BCUT2D eigenvalue weighted by Crippen LogP contribution is -2.49. The zero-order valence-corrected chi connectivity index (χ0v) is 18.0. The van der Waals surface area contributed by atoms with Crippen LogP contribution in [-0.4, -0.2) is 32.6 Å². The number of nitrogens with zero attached hydrogens (tertiary/aromatic N) is 3. The van der Waals surface area contributed by atoms with Crippen LogP contribution in [-0.2, 0) is 21.8 Å². The Balaban J connectivity index is 1.27. The molecule has 3 heterocycles. The Kier molecular flexibility index (Phi) is 5.24. The Labute approximate surface area is 193 Å². The zero-order valence-electron chi connectivity index (χ0n) is 18.0. The number of carbonyl (C=O) groups is 2. The summed E-state index contributed by atoms with van der Waals surface area (Å²) in [5, 5.41) is 25.1. The summed E-state index contributed by atoms with van der Waals surface area (Å²) >= 11 is 0. The quantitative estimate of drug-likeness (QED) is 0.345. The lowest BCUT2D eigenvalue weighted by Gasteiger charge is -2.40. The number of carbonyl (C=O) groups excluding carboxylic acids is 2. The minimum atomic E-state index is -1.69. The van der Waals surface area contributed by atoms with E-state index >= 15 is 0 Å². The number of esters is 1. The van der Waals surface area contributed by atoms with Crippen LogP contribution in [0.1, 0.15) is 47.2 Å². The van der Waals surface area contributed by atoms with Crippen LogP contribution in [0.25, 0.3) is 11.1 Å².